The highest BCUT2D eigenvalue weighted by Crippen LogP contribution is 2.23. The summed E-state index contributed by atoms with van der Waals surface area (Å²) in [6.45, 7) is 3.38. The third kappa shape index (κ3) is 7.16. The SMILES string of the molecule is CN=C(NCCc1ccc(OC)cc1O)N1CCN(C(=O)Cc2cccc(Cl)c2)CC1.I. The zero-order chi connectivity index (χ0) is 22.2. The van der Waals surface area contributed by atoms with E-state index in [1.807, 2.05) is 41.3 Å². The summed E-state index contributed by atoms with van der Waals surface area (Å²) >= 11 is 6.02. The molecule has 9 heteroatoms. The Bertz CT molecular complexity index is 933. The number of carbonyl (C=O) groups is 1. The second kappa shape index (κ2) is 12.7. The summed E-state index contributed by atoms with van der Waals surface area (Å²) in [4.78, 5) is 21.0. The molecule has 174 valence electrons. The van der Waals surface area contributed by atoms with Crippen LogP contribution in [0.5, 0.6) is 11.5 Å². The molecule has 2 aromatic carbocycles. The lowest BCUT2D eigenvalue weighted by molar-refractivity contribution is -0.131. The van der Waals surface area contributed by atoms with Crippen LogP contribution >= 0.6 is 35.6 Å². The standard InChI is InChI=1S/C23H29ClN4O3.HI/c1-25-23(26-9-8-18-6-7-20(31-2)16-21(18)29)28-12-10-27(11-13-28)22(30)15-17-4-3-5-19(24)14-17;/h3-7,14,16,29H,8-13,15H2,1-2H3,(H,25,26);1H. The largest absolute Gasteiger partial charge is 0.508 e. The van der Waals surface area contributed by atoms with Crippen molar-refractivity contribution in [3.05, 3.63) is 58.6 Å². The monoisotopic (exact) mass is 572 g/mol. The third-order valence-electron chi connectivity index (χ3n) is 5.36. The number of rotatable bonds is 6. The second-order valence-electron chi connectivity index (χ2n) is 7.39. The predicted octanol–water partition coefficient (Wildman–Crippen LogP) is 3.18. The first-order valence-corrected chi connectivity index (χ1v) is 10.7. The number of phenolic OH excluding ortho intramolecular Hbond substituents is 1. The van der Waals surface area contributed by atoms with Crippen LogP contribution in [0.3, 0.4) is 0 Å². The lowest BCUT2D eigenvalue weighted by Gasteiger charge is -2.36. The topological polar surface area (TPSA) is 77.4 Å². The highest BCUT2D eigenvalue weighted by atomic mass is 127. The number of methoxy groups -OCH3 is 1. The number of ether oxygens (including phenoxy) is 1. The molecule has 0 aliphatic carbocycles. The van der Waals surface area contributed by atoms with Gasteiger partial charge in [-0.05, 0) is 35.7 Å². The molecule has 1 aliphatic heterocycles. The highest BCUT2D eigenvalue weighted by Gasteiger charge is 2.23. The summed E-state index contributed by atoms with van der Waals surface area (Å²) < 4.78 is 5.12. The van der Waals surface area contributed by atoms with E-state index in [-0.39, 0.29) is 35.6 Å². The van der Waals surface area contributed by atoms with Gasteiger partial charge in [-0.3, -0.25) is 9.79 Å². The molecular formula is C23H30ClIN4O3. The fourth-order valence-electron chi connectivity index (χ4n) is 3.62. The van der Waals surface area contributed by atoms with Crippen molar-refractivity contribution in [1.82, 2.24) is 15.1 Å². The van der Waals surface area contributed by atoms with Crippen LogP contribution in [-0.2, 0) is 17.6 Å². The van der Waals surface area contributed by atoms with E-state index in [9.17, 15) is 9.90 Å². The molecule has 1 amide bonds. The molecule has 1 aliphatic rings. The van der Waals surface area contributed by atoms with Gasteiger partial charge in [0, 0.05) is 50.9 Å². The van der Waals surface area contributed by atoms with Gasteiger partial charge >= 0.3 is 0 Å². The number of hydrogen-bond acceptors (Lipinski definition) is 4. The minimum atomic E-state index is 0. The maximum absolute atomic E-state index is 12.6. The molecule has 0 bridgehead atoms. The van der Waals surface area contributed by atoms with Gasteiger partial charge in [0.15, 0.2) is 5.96 Å². The summed E-state index contributed by atoms with van der Waals surface area (Å²) in [6, 6.07) is 12.7. The normalized spacial score (nSPS) is 14.0. The molecule has 1 saturated heterocycles. The van der Waals surface area contributed by atoms with Crippen LogP contribution in [0.4, 0.5) is 0 Å². The molecule has 1 fully saturated rings. The molecule has 2 aromatic rings. The average molecular weight is 573 g/mol. The maximum atomic E-state index is 12.6. The molecule has 32 heavy (non-hydrogen) atoms. The highest BCUT2D eigenvalue weighted by molar-refractivity contribution is 14.0. The van der Waals surface area contributed by atoms with Gasteiger partial charge in [0.05, 0.1) is 13.5 Å². The van der Waals surface area contributed by atoms with E-state index in [4.69, 9.17) is 16.3 Å². The fraction of sp³-hybridized carbons (Fsp3) is 0.391. The summed E-state index contributed by atoms with van der Waals surface area (Å²) in [6.07, 6.45) is 1.02. The first kappa shape index (κ1) is 26.1. The zero-order valence-corrected chi connectivity index (χ0v) is 21.5. The Morgan fingerprint density at radius 3 is 2.50 bits per heavy atom. The Morgan fingerprint density at radius 2 is 1.88 bits per heavy atom. The molecule has 0 unspecified atom stereocenters. The molecule has 2 N–H and O–H groups in total. The molecular weight excluding hydrogens is 543 g/mol. The molecule has 0 aromatic heterocycles. The van der Waals surface area contributed by atoms with Crippen LogP contribution in [-0.4, -0.2) is 73.7 Å². The number of carbonyl (C=O) groups excluding carboxylic acids is 1. The molecule has 0 spiro atoms. The Balaban J connectivity index is 0.00000363. The van der Waals surface area contributed by atoms with Crippen molar-refractivity contribution in [2.75, 3.05) is 46.9 Å². The number of nitrogens with one attached hydrogen (secondary N) is 1. The van der Waals surface area contributed by atoms with Gasteiger partial charge in [-0.25, -0.2) is 0 Å². The minimum absolute atomic E-state index is 0. The second-order valence-corrected chi connectivity index (χ2v) is 7.83. The fourth-order valence-corrected chi connectivity index (χ4v) is 3.84. The average Bonchev–Trinajstić information content (AvgIpc) is 2.78. The number of benzene rings is 2. The van der Waals surface area contributed by atoms with Gasteiger partial charge in [-0.15, -0.1) is 24.0 Å². The molecule has 0 radical (unpaired) electrons. The Morgan fingerprint density at radius 1 is 1.16 bits per heavy atom. The van der Waals surface area contributed by atoms with Gasteiger partial charge < -0.3 is 25.0 Å². The lowest BCUT2D eigenvalue weighted by Crippen LogP contribution is -2.54. The number of guanidine groups is 1. The quantitative estimate of drug-likeness (QED) is 0.316. The summed E-state index contributed by atoms with van der Waals surface area (Å²) in [5.74, 6) is 1.77. The minimum Gasteiger partial charge on any atom is -0.508 e. The van der Waals surface area contributed by atoms with Crippen molar-refractivity contribution >= 4 is 47.4 Å². The number of halogens is 2. The zero-order valence-electron chi connectivity index (χ0n) is 18.4. The van der Waals surface area contributed by atoms with Gasteiger partial charge in [-0.1, -0.05) is 29.8 Å². The van der Waals surface area contributed by atoms with Crippen LogP contribution in [0.25, 0.3) is 0 Å². The smallest absolute Gasteiger partial charge is 0.227 e. The van der Waals surface area contributed by atoms with Crippen LogP contribution in [0.1, 0.15) is 11.1 Å². The van der Waals surface area contributed by atoms with E-state index >= 15 is 0 Å². The van der Waals surface area contributed by atoms with Gasteiger partial charge in [0.1, 0.15) is 11.5 Å². The number of piperazine rings is 1. The first-order valence-electron chi connectivity index (χ1n) is 10.3. The summed E-state index contributed by atoms with van der Waals surface area (Å²) in [5.41, 5.74) is 1.78. The summed E-state index contributed by atoms with van der Waals surface area (Å²) in [5, 5.41) is 14.1. The Labute approximate surface area is 211 Å². The van der Waals surface area contributed by atoms with Crippen molar-refractivity contribution in [3.63, 3.8) is 0 Å². The summed E-state index contributed by atoms with van der Waals surface area (Å²) in [7, 11) is 3.33. The molecule has 7 nitrogen and oxygen atoms in total. The molecule has 0 atom stereocenters. The number of hydrogen-bond donors (Lipinski definition) is 2. The van der Waals surface area contributed by atoms with Crippen molar-refractivity contribution < 1.29 is 14.6 Å². The van der Waals surface area contributed by atoms with Crippen LogP contribution in [0.2, 0.25) is 5.02 Å². The van der Waals surface area contributed by atoms with E-state index in [1.165, 1.54) is 0 Å². The lowest BCUT2D eigenvalue weighted by atomic mass is 10.1. The first-order chi connectivity index (χ1) is 15.0. The van der Waals surface area contributed by atoms with Crippen LogP contribution in [0, 0.1) is 0 Å². The predicted molar refractivity (Wildman–Crippen MR) is 138 cm³/mol. The Kier molecular flexibility index (Phi) is 10.4. The van der Waals surface area contributed by atoms with Crippen molar-refractivity contribution in [2.24, 2.45) is 4.99 Å². The number of nitrogens with zero attached hydrogens (tertiary/aromatic N) is 3. The van der Waals surface area contributed by atoms with Gasteiger partial charge in [0.2, 0.25) is 5.91 Å². The van der Waals surface area contributed by atoms with Gasteiger partial charge in [0.25, 0.3) is 0 Å². The van der Waals surface area contributed by atoms with E-state index in [0.29, 0.717) is 43.2 Å². The molecule has 3 rings (SSSR count). The maximum Gasteiger partial charge on any atom is 0.227 e. The van der Waals surface area contributed by atoms with Crippen molar-refractivity contribution in [3.8, 4) is 11.5 Å². The Hall–Kier alpha value is -2.20. The molecule has 0 saturated carbocycles. The number of amides is 1. The van der Waals surface area contributed by atoms with Crippen LogP contribution in [0.15, 0.2) is 47.5 Å². The van der Waals surface area contributed by atoms with E-state index < -0.39 is 0 Å². The number of aromatic hydroxyl groups is 1. The van der Waals surface area contributed by atoms with E-state index in [0.717, 1.165) is 30.2 Å². The third-order valence-corrected chi connectivity index (χ3v) is 5.59. The van der Waals surface area contributed by atoms with Crippen LogP contribution < -0.4 is 10.1 Å². The van der Waals surface area contributed by atoms with E-state index in [2.05, 4.69) is 15.2 Å². The van der Waals surface area contributed by atoms with E-state index in [1.54, 1.807) is 20.2 Å². The van der Waals surface area contributed by atoms with Crippen molar-refractivity contribution in [2.45, 2.75) is 12.8 Å². The molecule has 1 heterocycles. The number of phenols is 1. The van der Waals surface area contributed by atoms with Gasteiger partial charge in [-0.2, -0.15) is 0 Å². The number of aliphatic imine (C=N–C) groups is 1. The van der Waals surface area contributed by atoms with Crippen molar-refractivity contribution in [1.29, 1.82) is 0 Å².